The van der Waals surface area contributed by atoms with Crippen LogP contribution in [0.1, 0.15) is 5.56 Å². The number of nitrogens with two attached hydrogens (primary N) is 1. The lowest BCUT2D eigenvalue weighted by Crippen LogP contribution is -2.02. The van der Waals surface area contributed by atoms with Crippen LogP contribution in [-0.4, -0.2) is 16.2 Å². The molecule has 2 N–H and O–H groups in total. The molecule has 0 unspecified atom stereocenters. The van der Waals surface area contributed by atoms with Crippen molar-refractivity contribution in [3.05, 3.63) is 35.6 Å². The molecule has 0 saturated carbocycles. The molecule has 2 aromatic rings. The maximum absolute atomic E-state index is 13.2. The first-order valence-electron chi connectivity index (χ1n) is 5.03. The predicted octanol–water partition coefficient (Wildman–Crippen LogP) is 2.46. The standard InChI is InChI=1S/C12H9FN4S/c1-18-12-16-10(9(6-14)11(15)17-12)7-3-2-4-8(13)5-7/h2-5H,1H3,(H2,15,16,17). The molecule has 4 nitrogen and oxygen atoms in total. The fourth-order valence-electron chi connectivity index (χ4n) is 1.50. The number of halogens is 1. The van der Waals surface area contributed by atoms with E-state index in [1.54, 1.807) is 18.4 Å². The summed E-state index contributed by atoms with van der Waals surface area (Å²) in [5.74, 6) is -0.282. The van der Waals surface area contributed by atoms with Crippen LogP contribution in [0.3, 0.4) is 0 Å². The Balaban J connectivity index is 2.69. The van der Waals surface area contributed by atoms with E-state index < -0.39 is 0 Å². The molecule has 0 fully saturated rings. The first-order chi connectivity index (χ1) is 8.65. The van der Waals surface area contributed by atoms with Crippen molar-refractivity contribution in [1.82, 2.24) is 9.97 Å². The average molecular weight is 260 g/mol. The summed E-state index contributed by atoms with van der Waals surface area (Å²) in [6.45, 7) is 0. The molecule has 0 saturated heterocycles. The van der Waals surface area contributed by atoms with E-state index in [0.717, 1.165) is 0 Å². The van der Waals surface area contributed by atoms with Crippen molar-refractivity contribution in [3.63, 3.8) is 0 Å². The van der Waals surface area contributed by atoms with E-state index in [-0.39, 0.29) is 17.2 Å². The summed E-state index contributed by atoms with van der Waals surface area (Å²) >= 11 is 1.31. The van der Waals surface area contributed by atoms with E-state index >= 15 is 0 Å². The van der Waals surface area contributed by atoms with Crippen LogP contribution in [0.5, 0.6) is 0 Å². The molecule has 1 aromatic carbocycles. The number of hydrogen-bond acceptors (Lipinski definition) is 5. The number of thioether (sulfide) groups is 1. The summed E-state index contributed by atoms with van der Waals surface area (Å²) in [5.41, 5.74) is 6.73. The van der Waals surface area contributed by atoms with Gasteiger partial charge in [0.15, 0.2) is 5.16 Å². The van der Waals surface area contributed by atoms with Crippen LogP contribution in [0, 0.1) is 17.1 Å². The van der Waals surface area contributed by atoms with Crippen LogP contribution in [-0.2, 0) is 0 Å². The summed E-state index contributed by atoms with van der Waals surface area (Å²) in [6, 6.07) is 7.83. The van der Waals surface area contributed by atoms with Gasteiger partial charge in [0.1, 0.15) is 23.3 Å². The van der Waals surface area contributed by atoms with Crippen LogP contribution < -0.4 is 5.73 Å². The minimum atomic E-state index is -0.390. The number of hydrogen-bond donors (Lipinski definition) is 1. The van der Waals surface area contributed by atoms with Gasteiger partial charge in [0, 0.05) is 5.56 Å². The first kappa shape index (κ1) is 12.3. The Morgan fingerprint density at radius 3 is 2.78 bits per heavy atom. The van der Waals surface area contributed by atoms with Gasteiger partial charge in [-0.05, 0) is 18.4 Å². The number of anilines is 1. The van der Waals surface area contributed by atoms with Gasteiger partial charge in [-0.25, -0.2) is 14.4 Å². The van der Waals surface area contributed by atoms with Gasteiger partial charge in [-0.1, -0.05) is 23.9 Å². The van der Waals surface area contributed by atoms with Crippen molar-refractivity contribution in [2.24, 2.45) is 0 Å². The van der Waals surface area contributed by atoms with Crippen LogP contribution in [0.4, 0.5) is 10.2 Å². The summed E-state index contributed by atoms with van der Waals surface area (Å²) in [5, 5.41) is 9.53. The monoisotopic (exact) mass is 260 g/mol. The highest BCUT2D eigenvalue weighted by molar-refractivity contribution is 7.98. The van der Waals surface area contributed by atoms with Gasteiger partial charge < -0.3 is 5.73 Å². The van der Waals surface area contributed by atoms with Gasteiger partial charge in [-0.3, -0.25) is 0 Å². The summed E-state index contributed by atoms with van der Waals surface area (Å²) in [4.78, 5) is 8.20. The third-order valence-electron chi connectivity index (χ3n) is 2.31. The van der Waals surface area contributed by atoms with E-state index in [9.17, 15) is 4.39 Å². The largest absolute Gasteiger partial charge is 0.382 e. The Morgan fingerprint density at radius 2 is 2.17 bits per heavy atom. The molecule has 0 radical (unpaired) electrons. The third-order valence-corrected chi connectivity index (χ3v) is 2.86. The molecule has 1 aromatic heterocycles. The maximum Gasteiger partial charge on any atom is 0.189 e. The minimum Gasteiger partial charge on any atom is -0.382 e. The lowest BCUT2D eigenvalue weighted by Gasteiger charge is -2.07. The Kier molecular flexibility index (Phi) is 3.44. The van der Waals surface area contributed by atoms with Gasteiger partial charge in [0.25, 0.3) is 0 Å². The van der Waals surface area contributed by atoms with Gasteiger partial charge in [-0.2, -0.15) is 5.26 Å². The predicted molar refractivity (Wildman–Crippen MR) is 68.3 cm³/mol. The minimum absolute atomic E-state index is 0.108. The van der Waals surface area contributed by atoms with Crippen LogP contribution in [0.2, 0.25) is 0 Å². The number of aromatic nitrogens is 2. The zero-order valence-electron chi connectivity index (χ0n) is 9.51. The van der Waals surface area contributed by atoms with Gasteiger partial charge in [0.05, 0.1) is 5.69 Å². The molecule has 0 spiro atoms. The Hall–Kier alpha value is -2.13. The second-order valence-electron chi connectivity index (χ2n) is 3.44. The van der Waals surface area contributed by atoms with Crippen LogP contribution >= 0.6 is 11.8 Å². The van der Waals surface area contributed by atoms with E-state index in [4.69, 9.17) is 11.0 Å². The summed E-state index contributed by atoms with van der Waals surface area (Å²) in [7, 11) is 0. The third kappa shape index (κ3) is 2.26. The molecule has 90 valence electrons. The van der Waals surface area contributed by atoms with E-state index in [1.807, 2.05) is 6.07 Å². The molecule has 0 bridgehead atoms. The molecule has 0 aliphatic heterocycles. The summed E-state index contributed by atoms with van der Waals surface area (Å²) in [6.07, 6.45) is 1.80. The zero-order chi connectivity index (χ0) is 13.1. The topological polar surface area (TPSA) is 75.6 Å². The van der Waals surface area contributed by atoms with Crippen molar-refractivity contribution >= 4 is 17.6 Å². The van der Waals surface area contributed by atoms with Gasteiger partial charge >= 0.3 is 0 Å². The number of nitrogen functional groups attached to an aromatic ring is 1. The molecular weight excluding hydrogens is 251 g/mol. The average Bonchev–Trinajstić information content (AvgIpc) is 2.37. The molecule has 0 aliphatic carbocycles. The number of rotatable bonds is 2. The number of benzene rings is 1. The number of nitriles is 1. The number of nitrogens with zero attached hydrogens (tertiary/aromatic N) is 3. The fraction of sp³-hybridized carbons (Fsp3) is 0.0833. The van der Waals surface area contributed by atoms with Crippen molar-refractivity contribution in [2.75, 3.05) is 12.0 Å². The Labute approximate surface area is 108 Å². The Morgan fingerprint density at radius 1 is 1.39 bits per heavy atom. The SMILES string of the molecule is CSc1nc(N)c(C#N)c(-c2cccc(F)c2)n1. The molecular formula is C12H9FN4S. The smallest absolute Gasteiger partial charge is 0.189 e. The van der Waals surface area contributed by atoms with Gasteiger partial charge in [-0.15, -0.1) is 0 Å². The quantitative estimate of drug-likeness (QED) is 0.663. The second kappa shape index (κ2) is 5.02. The highest BCUT2D eigenvalue weighted by Gasteiger charge is 2.14. The lowest BCUT2D eigenvalue weighted by molar-refractivity contribution is 0.628. The first-order valence-corrected chi connectivity index (χ1v) is 6.25. The molecule has 18 heavy (non-hydrogen) atoms. The summed E-state index contributed by atoms with van der Waals surface area (Å²) < 4.78 is 13.2. The molecule has 0 atom stereocenters. The van der Waals surface area contributed by atoms with Crippen molar-refractivity contribution in [1.29, 1.82) is 5.26 Å². The molecule has 1 heterocycles. The van der Waals surface area contributed by atoms with E-state index in [0.29, 0.717) is 16.4 Å². The van der Waals surface area contributed by atoms with E-state index in [2.05, 4.69) is 9.97 Å². The van der Waals surface area contributed by atoms with Gasteiger partial charge in [0.2, 0.25) is 0 Å². The molecule has 2 rings (SSSR count). The lowest BCUT2D eigenvalue weighted by atomic mass is 10.1. The van der Waals surface area contributed by atoms with Crippen LogP contribution in [0.15, 0.2) is 29.4 Å². The molecule has 0 aliphatic rings. The van der Waals surface area contributed by atoms with Crippen molar-refractivity contribution in [2.45, 2.75) is 5.16 Å². The highest BCUT2D eigenvalue weighted by atomic mass is 32.2. The molecule has 0 amide bonds. The Bertz CT molecular complexity index is 636. The zero-order valence-corrected chi connectivity index (χ0v) is 10.3. The fourth-order valence-corrected chi connectivity index (χ4v) is 1.88. The normalized spacial score (nSPS) is 10.1. The van der Waals surface area contributed by atoms with Crippen molar-refractivity contribution < 1.29 is 4.39 Å². The maximum atomic E-state index is 13.2. The second-order valence-corrected chi connectivity index (χ2v) is 4.21. The van der Waals surface area contributed by atoms with Crippen molar-refractivity contribution in [3.8, 4) is 17.3 Å². The molecule has 6 heteroatoms. The van der Waals surface area contributed by atoms with Crippen LogP contribution in [0.25, 0.3) is 11.3 Å². The highest BCUT2D eigenvalue weighted by Crippen LogP contribution is 2.27. The van der Waals surface area contributed by atoms with E-state index in [1.165, 1.54) is 23.9 Å².